The van der Waals surface area contributed by atoms with Crippen LogP contribution in [0.4, 0.5) is 0 Å². The minimum absolute atomic E-state index is 0. The topological polar surface area (TPSA) is 40.0 Å². The smallest absolute Gasteiger partial charge is 0.166 e. The molecule has 1 aromatic rings. The van der Waals surface area contributed by atoms with Crippen LogP contribution in [0, 0.1) is 0 Å². The molecule has 0 bridgehead atoms. The Bertz CT molecular complexity index is 1010. The fourth-order valence-electron chi connectivity index (χ4n) is 4.97. The van der Waals surface area contributed by atoms with E-state index in [9.17, 15) is 0 Å². The first-order valence-corrected chi connectivity index (χ1v) is 10.0. The fourth-order valence-corrected chi connectivity index (χ4v) is 4.97. The van der Waals surface area contributed by atoms with Crippen LogP contribution in [0.25, 0.3) is 0 Å². The van der Waals surface area contributed by atoms with E-state index >= 15 is 0 Å². The molecule has 0 fully saturated rings. The number of benzene rings is 1. The van der Waals surface area contributed by atoms with Crippen molar-refractivity contribution in [1.82, 2.24) is 0 Å². The second-order valence-corrected chi connectivity index (χ2v) is 9.38. The van der Waals surface area contributed by atoms with Gasteiger partial charge < -0.3 is 14.2 Å². The van der Waals surface area contributed by atoms with Gasteiger partial charge in [-0.3, -0.25) is 4.99 Å². The third-order valence-corrected chi connectivity index (χ3v) is 6.03. The number of rotatable bonds is 2. The van der Waals surface area contributed by atoms with Crippen molar-refractivity contribution < 1.29 is 14.2 Å². The number of hydrogen-bond acceptors (Lipinski definition) is 4. The van der Waals surface area contributed by atoms with Gasteiger partial charge in [-0.15, -0.1) is 12.4 Å². The molecule has 0 saturated carbocycles. The average Bonchev–Trinajstić information content (AvgIpc) is 3.19. The number of allylic oxidation sites excluding steroid dienone is 4. The zero-order chi connectivity index (χ0) is 19.7. The lowest BCUT2D eigenvalue weighted by molar-refractivity contribution is 0.134. The fraction of sp³-hybridized carbons (Fsp3) is 0.458. The van der Waals surface area contributed by atoms with Crippen LogP contribution in [0.3, 0.4) is 0 Å². The number of nitrogens with zero attached hydrogens (tertiary/aromatic N) is 1. The Morgan fingerprint density at radius 2 is 1.90 bits per heavy atom. The molecule has 0 radical (unpaired) electrons. The molecule has 0 amide bonds. The van der Waals surface area contributed by atoms with Crippen molar-refractivity contribution >= 4 is 18.1 Å². The maximum atomic E-state index is 6.31. The summed E-state index contributed by atoms with van der Waals surface area (Å²) >= 11 is 0. The van der Waals surface area contributed by atoms with Gasteiger partial charge in [0.2, 0.25) is 0 Å². The Morgan fingerprint density at radius 1 is 1.10 bits per heavy atom. The molecule has 154 valence electrons. The highest BCUT2D eigenvalue weighted by Gasteiger charge is 2.41. The Hall–Kier alpha value is -2.20. The number of ether oxygens (including phenoxy) is 3. The first kappa shape index (κ1) is 20.1. The molecule has 0 spiro atoms. The Morgan fingerprint density at radius 3 is 2.66 bits per heavy atom. The molecule has 3 heterocycles. The second-order valence-electron chi connectivity index (χ2n) is 9.38. The molecular formula is C24H28ClNO3. The normalized spacial score (nSPS) is 22.4. The summed E-state index contributed by atoms with van der Waals surface area (Å²) < 4.78 is 17.4. The van der Waals surface area contributed by atoms with E-state index in [0.717, 1.165) is 42.9 Å². The van der Waals surface area contributed by atoms with Crippen LogP contribution in [-0.4, -0.2) is 24.0 Å². The quantitative estimate of drug-likeness (QED) is 0.645. The van der Waals surface area contributed by atoms with E-state index in [1.807, 2.05) is 6.26 Å². The minimum atomic E-state index is -0.236. The summed E-state index contributed by atoms with van der Waals surface area (Å²) in [5, 5.41) is 0. The van der Waals surface area contributed by atoms with Crippen LogP contribution in [0.2, 0.25) is 0 Å². The van der Waals surface area contributed by atoms with Crippen molar-refractivity contribution in [1.29, 1.82) is 0 Å². The summed E-state index contributed by atoms with van der Waals surface area (Å²) in [6, 6.07) is 2.17. The van der Waals surface area contributed by atoms with Crippen molar-refractivity contribution in [2.45, 2.75) is 64.5 Å². The minimum Gasteiger partial charge on any atom is -0.493 e. The molecule has 3 aliphatic heterocycles. The van der Waals surface area contributed by atoms with Crippen LogP contribution in [0.1, 0.15) is 57.2 Å². The van der Waals surface area contributed by atoms with Crippen LogP contribution < -0.4 is 9.47 Å². The summed E-state index contributed by atoms with van der Waals surface area (Å²) in [6.45, 7) is 8.71. The Balaban J connectivity index is 0.00000205. The number of fused-ring (bicyclic) bond motifs is 4. The predicted octanol–water partition coefficient (Wildman–Crippen LogP) is 5.47. The lowest BCUT2D eigenvalue weighted by Gasteiger charge is -2.31. The number of aliphatic imine (C=N–C) groups is 1. The van der Waals surface area contributed by atoms with Crippen LogP contribution >= 0.6 is 12.4 Å². The van der Waals surface area contributed by atoms with E-state index in [1.54, 1.807) is 13.4 Å². The summed E-state index contributed by atoms with van der Waals surface area (Å²) in [7, 11) is 1.73. The van der Waals surface area contributed by atoms with Gasteiger partial charge in [0.15, 0.2) is 11.5 Å². The van der Waals surface area contributed by atoms with Crippen molar-refractivity contribution in [3.05, 3.63) is 58.1 Å². The second kappa shape index (κ2) is 6.66. The van der Waals surface area contributed by atoms with Gasteiger partial charge in [-0.25, -0.2) is 0 Å². The van der Waals surface area contributed by atoms with Gasteiger partial charge in [0.25, 0.3) is 0 Å². The first-order chi connectivity index (χ1) is 13.3. The Kier molecular flexibility index (Phi) is 4.62. The molecule has 4 nitrogen and oxygen atoms in total. The lowest BCUT2D eigenvalue weighted by atomic mass is 9.80. The summed E-state index contributed by atoms with van der Waals surface area (Å²) in [5.74, 6) is 1.73. The highest BCUT2D eigenvalue weighted by atomic mass is 35.5. The maximum Gasteiger partial charge on any atom is 0.166 e. The third kappa shape index (κ3) is 3.18. The molecule has 0 saturated heterocycles. The molecule has 1 aliphatic carbocycles. The van der Waals surface area contributed by atoms with Gasteiger partial charge in [-0.1, -0.05) is 0 Å². The lowest BCUT2D eigenvalue weighted by Crippen LogP contribution is -2.31. The number of methoxy groups -OCH3 is 1. The largest absolute Gasteiger partial charge is 0.493 e. The molecule has 0 unspecified atom stereocenters. The zero-order valence-electron chi connectivity index (χ0n) is 17.7. The molecular weight excluding hydrogens is 386 g/mol. The SMILES string of the molecule is COc1cc2c(c3c1OC(C)(C)C3)C(C1=C3C=COC=C3CC1)=NC(C)(C)C2.Cl. The molecule has 0 aromatic heterocycles. The van der Waals surface area contributed by atoms with E-state index < -0.39 is 0 Å². The molecule has 29 heavy (non-hydrogen) atoms. The van der Waals surface area contributed by atoms with E-state index in [2.05, 4.69) is 39.8 Å². The highest BCUT2D eigenvalue weighted by Crippen LogP contribution is 2.49. The van der Waals surface area contributed by atoms with Gasteiger partial charge in [-0.2, -0.15) is 0 Å². The van der Waals surface area contributed by atoms with E-state index in [1.165, 1.54) is 33.4 Å². The van der Waals surface area contributed by atoms with Gasteiger partial charge in [0, 0.05) is 17.5 Å². The molecule has 0 N–H and O–H groups in total. The monoisotopic (exact) mass is 413 g/mol. The highest BCUT2D eigenvalue weighted by molar-refractivity contribution is 6.17. The molecule has 5 rings (SSSR count). The van der Waals surface area contributed by atoms with Gasteiger partial charge in [0.05, 0.1) is 30.9 Å². The summed E-state index contributed by atoms with van der Waals surface area (Å²) in [6.07, 6.45) is 9.50. The van der Waals surface area contributed by atoms with Crippen molar-refractivity contribution in [3.8, 4) is 11.5 Å². The van der Waals surface area contributed by atoms with Crippen LogP contribution in [0.5, 0.6) is 11.5 Å². The molecule has 1 aromatic carbocycles. The van der Waals surface area contributed by atoms with Gasteiger partial charge in [0.1, 0.15) is 5.60 Å². The van der Waals surface area contributed by atoms with E-state index in [0.29, 0.717) is 0 Å². The number of hydrogen-bond donors (Lipinski definition) is 0. The molecule has 4 aliphatic rings. The van der Waals surface area contributed by atoms with Crippen molar-refractivity contribution in [2.75, 3.05) is 7.11 Å². The summed E-state index contributed by atoms with van der Waals surface area (Å²) in [5.41, 5.74) is 8.45. The van der Waals surface area contributed by atoms with Crippen molar-refractivity contribution in [2.24, 2.45) is 4.99 Å². The van der Waals surface area contributed by atoms with Crippen LogP contribution in [-0.2, 0) is 17.6 Å². The Labute approximate surface area is 178 Å². The van der Waals surface area contributed by atoms with Crippen molar-refractivity contribution in [3.63, 3.8) is 0 Å². The zero-order valence-corrected chi connectivity index (χ0v) is 18.5. The first-order valence-electron chi connectivity index (χ1n) is 10.0. The maximum absolute atomic E-state index is 6.31. The van der Waals surface area contributed by atoms with Gasteiger partial charge in [-0.05, 0) is 81.4 Å². The van der Waals surface area contributed by atoms with E-state index in [-0.39, 0.29) is 23.5 Å². The third-order valence-electron chi connectivity index (χ3n) is 6.03. The molecule has 0 atom stereocenters. The molecule has 5 heteroatoms. The predicted molar refractivity (Wildman–Crippen MR) is 118 cm³/mol. The average molecular weight is 414 g/mol. The van der Waals surface area contributed by atoms with Crippen LogP contribution in [0.15, 0.2) is 46.4 Å². The summed E-state index contributed by atoms with van der Waals surface area (Å²) in [4.78, 5) is 5.27. The van der Waals surface area contributed by atoms with Gasteiger partial charge >= 0.3 is 0 Å². The number of halogens is 1. The standard InChI is InChI=1S/C24H27NO3.ClH/c1-23(2)11-15-10-19(26-5)22-18(12-24(3,4)28-22)20(15)21(25-23)17-7-6-14-13-27-9-8-16(14)17;/h8-10,13H,6-7,11-12H2,1-5H3;1H. The van der Waals surface area contributed by atoms with E-state index in [4.69, 9.17) is 19.2 Å².